The highest BCUT2D eigenvalue weighted by molar-refractivity contribution is 7.91. The van der Waals surface area contributed by atoms with E-state index < -0.39 is 9.84 Å². The zero-order chi connectivity index (χ0) is 16.1. The van der Waals surface area contributed by atoms with E-state index in [-0.39, 0.29) is 11.2 Å². The van der Waals surface area contributed by atoms with Crippen LogP contribution in [0.25, 0.3) is 0 Å². The molecule has 0 aliphatic rings. The maximum absolute atomic E-state index is 12.3. The number of hydrogen-bond donors (Lipinski definition) is 1. The van der Waals surface area contributed by atoms with Crippen molar-refractivity contribution in [2.24, 2.45) is 0 Å². The fraction of sp³-hybridized carbons (Fsp3) is 0.647. The van der Waals surface area contributed by atoms with Crippen LogP contribution in [0.4, 0.5) is 0 Å². The fourth-order valence-corrected chi connectivity index (χ4v) is 3.64. The van der Waals surface area contributed by atoms with Gasteiger partial charge in [-0.25, -0.2) is 8.42 Å². The Bertz CT molecular complexity index is 527. The van der Waals surface area contributed by atoms with E-state index in [0.717, 1.165) is 18.5 Å². The van der Waals surface area contributed by atoms with E-state index in [1.807, 2.05) is 12.1 Å². The molecule has 0 saturated heterocycles. The van der Waals surface area contributed by atoms with Gasteiger partial charge in [-0.2, -0.15) is 0 Å². The van der Waals surface area contributed by atoms with Crippen LogP contribution in [-0.4, -0.2) is 26.8 Å². The van der Waals surface area contributed by atoms with Crippen molar-refractivity contribution in [3.63, 3.8) is 0 Å². The molecule has 4 heteroatoms. The molecule has 0 fully saturated rings. The average molecular weight is 311 g/mol. The maximum atomic E-state index is 12.3. The van der Waals surface area contributed by atoms with Gasteiger partial charge in [0.1, 0.15) is 0 Å². The molecule has 0 radical (unpaired) electrons. The van der Waals surface area contributed by atoms with Crippen LogP contribution >= 0.6 is 0 Å². The summed E-state index contributed by atoms with van der Waals surface area (Å²) in [4.78, 5) is 0.437. The molecule has 1 atom stereocenters. The Morgan fingerprint density at radius 1 is 1.14 bits per heavy atom. The molecule has 3 nitrogen and oxygen atoms in total. The molecule has 0 aliphatic carbocycles. The zero-order valence-electron chi connectivity index (χ0n) is 13.9. The Morgan fingerprint density at radius 2 is 1.71 bits per heavy atom. The minimum absolute atomic E-state index is 0.0452. The van der Waals surface area contributed by atoms with Crippen molar-refractivity contribution in [3.8, 4) is 0 Å². The van der Waals surface area contributed by atoms with Crippen molar-refractivity contribution >= 4 is 9.84 Å². The second kappa shape index (κ2) is 7.41. The summed E-state index contributed by atoms with van der Waals surface area (Å²) < 4.78 is 24.6. The number of rotatable bonds is 7. The number of hydrogen-bond acceptors (Lipinski definition) is 3. The van der Waals surface area contributed by atoms with Gasteiger partial charge in [0, 0.05) is 6.04 Å². The number of benzene rings is 1. The molecule has 1 rings (SSSR count). The average Bonchev–Trinajstić information content (AvgIpc) is 2.38. The molecule has 21 heavy (non-hydrogen) atoms. The van der Waals surface area contributed by atoms with E-state index in [9.17, 15) is 8.42 Å². The Balaban J connectivity index is 2.66. The van der Waals surface area contributed by atoms with E-state index in [1.54, 1.807) is 12.1 Å². The molecule has 1 aromatic carbocycles. The zero-order valence-corrected chi connectivity index (χ0v) is 14.8. The highest BCUT2D eigenvalue weighted by atomic mass is 32.2. The Morgan fingerprint density at radius 3 is 2.19 bits per heavy atom. The van der Waals surface area contributed by atoms with Crippen LogP contribution in [0, 0.1) is 0 Å². The lowest BCUT2D eigenvalue weighted by Gasteiger charge is -2.19. The summed E-state index contributed by atoms with van der Waals surface area (Å²) in [5.41, 5.74) is 1.20. The van der Waals surface area contributed by atoms with Gasteiger partial charge in [0.05, 0.1) is 10.6 Å². The van der Waals surface area contributed by atoms with Gasteiger partial charge < -0.3 is 5.32 Å². The maximum Gasteiger partial charge on any atom is 0.178 e. The van der Waals surface area contributed by atoms with E-state index in [1.165, 1.54) is 0 Å². The van der Waals surface area contributed by atoms with Crippen molar-refractivity contribution in [2.45, 2.75) is 63.8 Å². The third kappa shape index (κ3) is 5.79. The normalized spacial score (nSPS) is 14.1. The van der Waals surface area contributed by atoms with Crippen LogP contribution in [0.3, 0.4) is 0 Å². The second-order valence-corrected chi connectivity index (χ2v) is 8.80. The van der Waals surface area contributed by atoms with Crippen molar-refractivity contribution in [3.05, 3.63) is 29.8 Å². The molecular formula is C17H29NO2S. The molecule has 0 aliphatic heterocycles. The third-order valence-corrected chi connectivity index (χ3v) is 5.50. The minimum atomic E-state index is -3.16. The largest absolute Gasteiger partial charge is 0.315 e. The van der Waals surface area contributed by atoms with Gasteiger partial charge in [-0.3, -0.25) is 0 Å². The quantitative estimate of drug-likeness (QED) is 0.838. The fourth-order valence-electron chi connectivity index (χ4n) is 2.31. The van der Waals surface area contributed by atoms with Crippen LogP contribution < -0.4 is 5.32 Å². The Kier molecular flexibility index (Phi) is 6.41. The van der Waals surface area contributed by atoms with Gasteiger partial charge in [0.2, 0.25) is 0 Å². The lowest BCUT2D eigenvalue weighted by atomic mass is 9.87. The SMILES string of the molecule is CCNC(C)CCCS(=O)(=O)c1ccc(C(C)(C)C)cc1. The second-order valence-electron chi connectivity index (χ2n) is 6.69. The first-order chi connectivity index (χ1) is 9.66. The van der Waals surface area contributed by atoms with Crippen molar-refractivity contribution in [2.75, 3.05) is 12.3 Å². The molecule has 1 unspecified atom stereocenters. The van der Waals surface area contributed by atoms with Crippen LogP contribution in [0.2, 0.25) is 0 Å². The molecule has 0 heterocycles. The van der Waals surface area contributed by atoms with Gasteiger partial charge in [-0.15, -0.1) is 0 Å². The Hall–Kier alpha value is -0.870. The lowest BCUT2D eigenvalue weighted by Crippen LogP contribution is -2.26. The van der Waals surface area contributed by atoms with Gasteiger partial charge in [0.25, 0.3) is 0 Å². The highest BCUT2D eigenvalue weighted by Crippen LogP contribution is 2.24. The van der Waals surface area contributed by atoms with Crippen LogP contribution in [0.15, 0.2) is 29.2 Å². The summed E-state index contributed by atoms with van der Waals surface area (Å²) >= 11 is 0. The smallest absolute Gasteiger partial charge is 0.178 e. The molecular weight excluding hydrogens is 282 g/mol. The summed E-state index contributed by atoms with van der Waals surface area (Å²) in [5, 5.41) is 3.30. The first-order valence-corrected chi connectivity index (χ1v) is 9.38. The predicted molar refractivity (Wildman–Crippen MR) is 89.6 cm³/mol. The first-order valence-electron chi connectivity index (χ1n) is 7.73. The third-order valence-electron chi connectivity index (χ3n) is 3.68. The van der Waals surface area contributed by atoms with Gasteiger partial charge in [-0.05, 0) is 49.4 Å². The molecule has 0 spiro atoms. The van der Waals surface area contributed by atoms with Gasteiger partial charge >= 0.3 is 0 Å². The minimum Gasteiger partial charge on any atom is -0.315 e. The standard InChI is InChI=1S/C17H29NO2S/c1-6-18-14(2)8-7-13-21(19,20)16-11-9-15(10-12-16)17(3,4)5/h9-12,14,18H,6-8,13H2,1-5H3. The molecule has 0 bridgehead atoms. The molecule has 120 valence electrons. The van der Waals surface area contributed by atoms with Crippen LogP contribution in [-0.2, 0) is 15.3 Å². The number of sulfone groups is 1. The molecule has 0 aromatic heterocycles. The highest BCUT2D eigenvalue weighted by Gasteiger charge is 2.17. The van der Waals surface area contributed by atoms with Crippen molar-refractivity contribution < 1.29 is 8.42 Å². The topological polar surface area (TPSA) is 46.2 Å². The molecule has 0 saturated carbocycles. The summed E-state index contributed by atoms with van der Waals surface area (Å²) in [6, 6.07) is 7.70. The lowest BCUT2D eigenvalue weighted by molar-refractivity contribution is 0.520. The summed E-state index contributed by atoms with van der Waals surface area (Å²) in [7, 11) is -3.16. The molecule has 0 amide bonds. The van der Waals surface area contributed by atoms with E-state index in [4.69, 9.17) is 0 Å². The van der Waals surface area contributed by atoms with Crippen molar-refractivity contribution in [1.29, 1.82) is 0 Å². The predicted octanol–water partition coefficient (Wildman–Crippen LogP) is 3.54. The van der Waals surface area contributed by atoms with Crippen molar-refractivity contribution in [1.82, 2.24) is 5.32 Å². The molecule has 1 N–H and O–H groups in total. The van der Waals surface area contributed by atoms with Gasteiger partial charge in [-0.1, -0.05) is 39.8 Å². The first kappa shape index (κ1) is 18.2. The Labute approximate surface area is 130 Å². The number of nitrogens with one attached hydrogen (secondary N) is 1. The summed E-state index contributed by atoms with van der Waals surface area (Å²) in [6.07, 6.45) is 1.57. The van der Waals surface area contributed by atoms with Crippen LogP contribution in [0.1, 0.15) is 53.0 Å². The van der Waals surface area contributed by atoms with Crippen LogP contribution in [0.5, 0.6) is 0 Å². The van der Waals surface area contributed by atoms with Gasteiger partial charge in [0.15, 0.2) is 9.84 Å². The summed E-state index contributed by atoms with van der Waals surface area (Å²) in [6.45, 7) is 11.4. The van der Waals surface area contributed by atoms with E-state index >= 15 is 0 Å². The molecule has 1 aromatic rings. The van der Waals surface area contributed by atoms with E-state index in [2.05, 4.69) is 39.9 Å². The monoisotopic (exact) mass is 311 g/mol. The summed E-state index contributed by atoms with van der Waals surface area (Å²) in [5.74, 6) is 0.220. The van der Waals surface area contributed by atoms with E-state index in [0.29, 0.717) is 17.4 Å².